The Morgan fingerprint density at radius 3 is 2.30 bits per heavy atom. The third-order valence-corrected chi connectivity index (χ3v) is 5.21. The summed E-state index contributed by atoms with van der Waals surface area (Å²) in [4.78, 5) is 17.2. The van der Waals surface area contributed by atoms with Gasteiger partial charge < -0.3 is 14.4 Å². The summed E-state index contributed by atoms with van der Waals surface area (Å²) >= 11 is 0. The fourth-order valence-corrected chi connectivity index (χ4v) is 3.61. The Kier molecular flexibility index (Phi) is 6.01. The molecule has 5 heteroatoms. The van der Waals surface area contributed by atoms with Crippen molar-refractivity contribution in [2.24, 2.45) is 0 Å². The number of hydrogen-bond donors (Lipinski definition) is 0. The molecular formula is C22H28N2O3. The molecule has 0 aromatic heterocycles. The standard InChI is InChI=1S/C22H28N2O3/c1-23(2)19(12-16-8-6-5-7-9-16)22(25)24-11-10-17-13-20(26-3)21(27-4)14-18(17)15-24/h5-9,13-14,19H,10-12,15H2,1-4H3/t19-/m1/s1. The molecular weight excluding hydrogens is 340 g/mol. The SMILES string of the molecule is COc1cc2c(cc1OC)CN(C(=O)[C@@H](Cc1ccccc1)N(C)C)CC2. The van der Waals surface area contributed by atoms with Gasteiger partial charge in [0, 0.05) is 13.1 Å². The third kappa shape index (κ3) is 4.25. The molecule has 5 nitrogen and oxygen atoms in total. The molecule has 1 aliphatic heterocycles. The normalized spacial score (nSPS) is 14.6. The van der Waals surface area contributed by atoms with Gasteiger partial charge in [-0.1, -0.05) is 30.3 Å². The highest BCUT2D eigenvalue weighted by Crippen LogP contribution is 2.33. The second-order valence-corrected chi connectivity index (χ2v) is 7.15. The molecule has 1 atom stereocenters. The Morgan fingerprint density at radius 1 is 1.07 bits per heavy atom. The maximum absolute atomic E-state index is 13.3. The Balaban J connectivity index is 1.79. The molecule has 27 heavy (non-hydrogen) atoms. The van der Waals surface area contributed by atoms with Crippen molar-refractivity contribution >= 4 is 5.91 Å². The predicted octanol–water partition coefficient (Wildman–Crippen LogP) is 2.76. The van der Waals surface area contributed by atoms with Crippen LogP contribution >= 0.6 is 0 Å². The molecule has 0 unspecified atom stereocenters. The van der Waals surface area contributed by atoms with Crippen LogP contribution in [0.2, 0.25) is 0 Å². The van der Waals surface area contributed by atoms with Crippen LogP contribution in [-0.4, -0.2) is 56.6 Å². The summed E-state index contributed by atoms with van der Waals surface area (Å²) in [6.07, 6.45) is 1.54. The maximum Gasteiger partial charge on any atom is 0.240 e. The van der Waals surface area contributed by atoms with E-state index in [0.717, 1.165) is 24.3 Å². The number of amides is 1. The topological polar surface area (TPSA) is 42.0 Å². The lowest BCUT2D eigenvalue weighted by atomic mass is 9.97. The highest BCUT2D eigenvalue weighted by molar-refractivity contribution is 5.82. The van der Waals surface area contributed by atoms with Gasteiger partial charge in [0.1, 0.15) is 0 Å². The van der Waals surface area contributed by atoms with E-state index in [1.165, 1.54) is 11.1 Å². The maximum atomic E-state index is 13.3. The molecule has 0 saturated heterocycles. The van der Waals surface area contributed by atoms with E-state index in [1.54, 1.807) is 14.2 Å². The molecule has 1 aliphatic rings. The van der Waals surface area contributed by atoms with Gasteiger partial charge in [0.2, 0.25) is 5.91 Å². The Bertz CT molecular complexity index is 790. The van der Waals surface area contributed by atoms with E-state index >= 15 is 0 Å². The number of ether oxygens (including phenoxy) is 2. The molecule has 0 bridgehead atoms. The van der Waals surface area contributed by atoms with E-state index in [2.05, 4.69) is 12.1 Å². The number of benzene rings is 2. The van der Waals surface area contributed by atoms with Gasteiger partial charge in [0.25, 0.3) is 0 Å². The zero-order chi connectivity index (χ0) is 19.4. The minimum atomic E-state index is -0.172. The van der Waals surface area contributed by atoms with Crippen LogP contribution < -0.4 is 9.47 Å². The lowest BCUT2D eigenvalue weighted by molar-refractivity contribution is -0.137. The van der Waals surface area contributed by atoms with Crippen LogP contribution in [0.3, 0.4) is 0 Å². The van der Waals surface area contributed by atoms with Crippen molar-refractivity contribution in [3.8, 4) is 11.5 Å². The smallest absolute Gasteiger partial charge is 0.240 e. The van der Waals surface area contributed by atoms with Crippen LogP contribution in [-0.2, 0) is 24.2 Å². The number of methoxy groups -OCH3 is 2. The second kappa shape index (κ2) is 8.44. The molecule has 1 amide bonds. The minimum absolute atomic E-state index is 0.171. The number of likely N-dealkylation sites (N-methyl/N-ethyl adjacent to an activating group) is 1. The van der Waals surface area contributed by atoms with Gasteiger partial charge in [0.15, 0.2) is 11.5 Å². The lowest BCUT2D eigenvalue weighted by Gasteiger charge is -2.34. The highest BCUT2D eigenvalue weighted by Gasteiger charge is 2.29. The molecule has 0 aliphatic carbocycles. The summed E-state index contributed by atoms with van der Waals surface area (Å²) in [5.74, 6) is 1.62. The average molecular weight is 368 g/mol. The van der Waals surface area contributed by atoms with Crippen LogP contribution in [0, 0.1) is 0 Å². The van der Waals surface area contributed by atoms with Crippen molar-refractivity contribution in [1.29, 1.82) is 0 Å². The van der Waals surface area contributed by atoms with Gasteiger partial charge in [0.05, 0.1) is 20.3 Å². The molecule has 0 fully saturated rings. The largest absolute Gasteiger partial charge is 0.493 e. The van der Waals surface area contributed by atoms with Crippen LogP contribution in [0.25, 0.3) is 0 Å². The molecule has 2 aromatic rings. The van der Waals surface area contributed by atoms with Crippen molar-refractivity contribution in [1.82, 2.24) is 9.80 Å². The summed E-state index contributed by atoms with van der Waals surface area (Å²) in [6, 6.07) is 14.0. The van der Waals surface area contributed by atoms with E-state index in [1.807, 2.05) is 54.2 Å². The van der Waals surface area contributed by atoms with Crippen molar-refractivity contribution in [2.75, 3.05) is 34.9 Å². The molecule has 0 radical (unpaired) electrons. The molecule has 0 saturated carbocycles. The minimum Gasteiger partial charge on any atom is -0.493 e. The summed E-state index contributed by atoms with van der Waals surface area (Å²) in [6.45, 7) is 1.33. The van der Waals surface area contributed by atoms with E-state index < -0.39 is 0 Å². The van der Waals surface area contributed by atoms with Gasteiger partial charge in [-0.15, -0.1) is 0 Å². The number of rotatable bonds is 6. The molecule has 0 N–H and O–H groups in total. The number of hydrogen-bond acceptors (Lipinski definition) is 4. The average Bonchev–Trinajstić information content (AvgIpc) is 2.70. The van der Waals surface area contributed by atoms with E-state index in [-0.39, 0.29) is 11.9 Å². The van der Waals surface area contributed by atoms with Gasteiger partial charge in [-0.25, -0.2) is 0 Å². The van der Waals surface area contributed by atoms with Crippen LogP contribution in [0.15, 0.2) is 42.5 Å². The van der Waals surface area contributed by atoms with Gasteiger partial charge >= 0.3 is 0 Å². The van der Waals surface area contributed by atoms with Gasteiger partial charge in [-0.2, -0.15) is 0 Å². The summed E-state index contributed by atoms with van der Waals surface area (Å²) < 4.78 is 10.8. The van der Waals surface area contributed by atoms with E-state index in [4.69, 9.17) is 9.47 Å². The molecule has 3 rings (SSSR count). The summed E-state index contributed by atoms with van der Waals surface area (Å²) in [7, 11) is 7.22. The zero-order valence-electron chi connectivity index (χ0n) is 16.6. The van der Waals surface area contributed by atoms with Crippen LogP contribution in [0.5, 0.6) is 11.5 Å². The fourth-order valence-electron chi connectivity index (χ4n) is 3.61. The molecule has 2 aromatic carbocycles. The van der Waals surface area contributed by atoms with Crippen molar-refractivity contribution in [3.05, 3.63) is 59.2 Å². The van der Waals surface area contributed by atoms with Gasteiger partial charge in [-0.05, 0) is 55.8 Å². The Morgan fingerprint density at radius 2 is 1.70 bits per heavy atom. The first-order valence-corrected chi connectivity index (χ1v) is 9.26. The first-order chi connectivity index (χ1) is 13.0. The van der Waals surface area contributed by atoms with Crippen LogP contribution in [0.1, 0.15) is 16.7 Å². The quantitative estimate of drug-likeness (QED) is 0.786. The van der Waals surface area contributed by atoms with Crippen molar-refractivity contribution in [2.45, 2.75) is 25.4 Å². The van der Waals surface area contributed by atoms with Gasteiger partial charge in [-0.3, -0.25) is 9.69 Å². The second-order valence-electron chi connectivity index (χ2n) is 7.15. The first kappa shape index (κ1) is 19.2. The van der Waals surface area contributed by atoms with Crippen LogP contribution in [0.4, 0.5) is 0 Å². The first-order valence-electron chi connectivity index (χ1n) is 9.26. The number of fused-ring (bicyclic) bond motifs is 1. The van der Waals surface area contributed by atoms with E-state index in [9.17, 15) is 4.79 Å². The fraction of sp³-hybridized carbons (Fsp3) is 0.409. The molecule has 1 heterocycles. The van der Waals surface area contributed by atoms with E-state index in [0.29, 0.717) is 18.7 Å². The predicted molar refractivity (Wildman–Crippen MR) is 106 cm³/mol. The van der Waals surface area contributed by atoms with Crippen molar-refractivity contribution in [3.63, 3.8) is 0 Å². The lowest BCUT2D eigenvalue weighted by Crippen LogP contribution is -2.48. The number of carbonyl (C=O) groups excluding carboxylic acids is 1. The number of carbonyl (C=O) groups is 1. The molecule has 144 valence electrons. The zero-order valence-corrected chi connectivity index (χ0v) is 16.6. The third-order valence-electron chi connectivity index (χ3n) is 5.21. The Hall–Kier alpha value is -2.53. The van der Waals surface area contributed by atoms with Crippen molar-refractivity contribution < 1.29 is 14.3 Å². The monoisotopic (exact) mass is 368 g/mol. The Labute approximate surface area is 161 Å². The number of nitrogens with zero attached hydrogens (tertiary/aromatic N) is 2. The summed E-state index contributed by atoms with van der Waals surface area (Å²) in [5, 5.41) is 0. The molecule has 0 spiro atoms. The summed E-state index contributed by atoms with van der Waals surface area (Å²) in [5.41, 5.74) is 3.53. The highest BCUT2D eigenvalue weighted by atomic mass is 16.5.